The number of para-hydroxylation sites is 1. The van der Waals surface area contributed by atoms with E-state index in [4.69, 9.17) is 4.74 Å². The highest BCUT2D eigenvalue weighted by Crippen LogP contribution is 2.49. The fraction of sp³-hybridized carbons (Fsp3) is 0.478. The molecule has 27 heavy (non-hydrogen) atoms. The van der Waals surface area contributed by atoms with Crippen LogP contribution >= 0.6 is 8.58 Å². The van der Waals surface area contributed by atoms with Crippen LogP contribution in [0.4, 0.5) is 0 Å². The SMILES string of the molecule is CCC(C)(Pc1ccccc1CN1CCCCC1)c1cccc(OC)c1O. The molecule has 0 spiro atoms. The van der Waals surface area contributed by atoms with Crippen LogP contribution in [0.5, 0.6) is 11.5 Å². The number of piperidine rings is 1. The van der Waals surface area contributed by atoms with Crippen LogP contribution in [0.15, 0.2) is 42.5 Å². The van der Waals surface area contributed by atoms with E-state index in [2.05, 4.69) is 43.0 Å². The molecule has 0 radical (unpaired) electrons. The summed E-state index contributed by atoms with van der Waals surface area (Å²) >= 11 is 0. The van der Waals surface area contributed by atoms with Gasteiger partial charge in [-0.25, -0.2) is 0 Å². The van der Waals surface area contributed by atoms with Gasteiger partial charge in [0.05, 0.1) is 7.11 Å². The van der Waals surface area contributed by atoms with Crippen LogP contribution in [-0.4, -0.2) is 30.2 Å². The van der Waals surface area contributed by atoms with Crippen LogP contribution in [0.3, 0.4) is 0 Å². The average molecular weight is 385 g/mol. The second-order valence-corrected chi connectivity index (χ2v) is 9.55. The van der Waals surface area contributed by atoms with Gasteiger partial charge in [-0.05, 0) is 49.3 Å². The highest BCUT2D eigenvalue weighted by atomic mass is 31.1. The van der Waals surface area contributed by atoms with Gasteiger partial charge in [0.25, 0.3) is 0 Å². The highest BCUT2D eigenvalue weighted by molar-refractivity contribution is 7.48. The predicted molar refractivity (Wildman–Crippen MR) is 116 cm³/mol. The Morgan fingerprint density at radius 2 is 1.81 bits per heavy atom. The Kier molecular flexibility index (Phi) is 6.78. The molecule has 3 rings (SSSR count). The number of benzene rings is 2. The minimum absolute atomic E-state index is 0.114. The maximum atomic E-state index is 10.7. The van der Waals surface area contributed by atoms with Crippen molar-refractivity contribution >= 4 is 13.9 Å². The van der Waals surface area contributed by atoms with E-state index in [-0.39, 0.29) is 10.9 Å². The fourth-order valence-corrected chi connectivity index (χ4v) is 5.52. The van der Waals surface area contributed by atoms with Gasteiger partial charge >= 0.3 is 0 Å². The first-order chi connectivity index (χ1) is 13.1. The summed E-state index contributed by atoms with van der Waals surface area (Å²) in [5.74, 6) is 0.837. The molecule has 0 bridgehead atoms. The third kappa shape index (κ3) is 4.65. The van der Waals surface area contributed by atoms with Crippen LogP contribution in [-0.2, 0) is 11.7 Å². The Morgan fingerprint density at radius 3 is 2.52 bits per heavy atom. The molecule has 2 unspecified atom stereocenters. The van der Waals surface area contributed by atoms with Gasteiger partial charge in [0.2, 0.25) is 0 Å². The molecule has 2 aromatic carbocycles. The predicted octanol–water partition coefficient (Wildman–Crippen LogP) is 5.02. The Hall–Kier alpha value is -1.57. The van der Waals surface area contributed by atoms with Gasteiger partial charge in [-0.3, -0.25) is 4.90 Å². The summed E-state index contributed by atoms with van der Waals surface area (Å²) in [6, 6.07) is 14.7. The Labute approximate surface area is 165 Å². The minimum Gasteiger partial charge on any atom is -0.504 e. The molecule has 3 nitrogen and oxygen atoms in total. The molecule has 146 valence electrons. The number of nitrogens with zero attached hydrogens (tertiary/aromatic N) is 1. The van der Waals surface area contributed by atoms with Crippen LogP contribution in [0, 0.1) is 0 Å². The van der Waals surface area contributed by atoms with E-state index < -0.39 is 0 Å². The van der Waals surface area contributed by atoms with Crippen LogP contribution in [0.2, 0.25) is 0 Å². The number of hydrogen-bond donors (Lipinski definition) is 1. The standard InChI is InChI=1S/C23H32NO2P/c1-4-23(2,19-12-10-13-20(26-3)22(19)25)27-21-14-7-6-11-18(21)17-24-15-8-5-9-16-24/h6-7,10-14,25,27H,4-5,8-9,15-17H2,1-3H3. The van der Waals surface area contributed by atoms with Crippen molar-refractivity contribution in [1.82, 2.24) is 4.90 Å². The van der Waals surface area contributed by atoms with Gasteiger partial charge in [0.15, 0.2) is 11.5 Å². The molecular weight excluding hydrogens is 353 g/mol. The number of likely N-dealkylation sites (tertiary alicyclic amines) is 1. The monoisotopic (exact) mass is 385 g/mol. The van der Waals surface area contributed by atoms with Gasteiger partial charge < -0.3 is 9.84 Å². The van der Waals surface area contributed by atoms with Crippen LogP contribution in [0.25, 0.3) is 0 Å². The quantitative estimate of drug-likeness (QED) is 0.680. The number of phenolic OH excluding ortho intramolecular Hbond substituents is 1. The van der Waals surface area contributed by atoms with E-state index in [1.54, 1.807) is 7.11 Å². The van der Waals surface area contributed by atoms with Crippen molar-refractivity contribution in [2.45, 2.75) is 51.2 Å². The van der Waals surface area contributed by atoms with Crippen molar-refractivity contribution in [2.75, 3.05) is 20.2 Å². The highest BCUT2D eigenvalue weighted by Gasteiger charge is 2.30. The molecule has 2 atom stereocenters. The van der Waals surface area contributed by atoms with Crippen LogP contribution < -0.4 is 10.0 Å². The summed E-state index contributed by atoms with van der Waals surface area (Å²) in [7, 11) is 2.21. The summed E-state index contributed by atoms with van der Waals surface area (Å²) in [5.41, 5.74) is 2.41. The first kappa shape index (κ1) is 20.2. The lowest BCUT2D eigenvalue weighted by atomic mass is 9.96. The van der Waals surface area contributed by atoms with Crippen molar-refractivity contribution in [3.8, 4) is 11.5 Å². The molecule has 1 fully saturated rings. The lowest BCUT2D eigenvalue weighted by molar-refractivity contribution is 0.221. The zero-order chi connectivity index (χ0) is 19.3. The summed E-state index contributed by atoms with van der Waals surface area (Å²) in [5, 5.41) is 12.0. The first-order valence-corrected chi connectivity index (χ1v) is 11.0. The lowest BCUT2D eigenvalue weighted by Crippen LogP contribution is -2.31. The molecule has 1 aliphatic heterocycles. The second kappa shape index (κ2) is 9.08. The molecule has 0 aliphatic carbocycles. The van der Waals surface area contributed by atoms with Gasteiger partial charge in [0, 0.05) is 17.3 Å². The number of hydrogen-bond acceptors (Lipinski definition) is 3. The summed E-state index contributed by atoms with van der Waals surface area (Å²) < 4.78 is 5.35. The van der Waals surface area contributed by atoms with E-state index in [9.17, 15) is 5.11 Å². The van der Waals surface area contributed by atoms with Crippen molar-refractivity contribution in [3.05, 3.63) is 53.6 Å². The first-order valence-electron chi connectivity index (χ1n) is 10.0. The van der Waals surface area contributed by atoms with Gasteiger partial charge in [-0.1, -0.05) is 65.2 Å². The topological polar surface area (TPSA) is 32.7 Å². The van der Waals surface area contributed by atoms with Crippen molar-refractivity contribution in [1.29, 1.82) is 0 Å². The molecule has 4 heteroatoms. The fourth-order valence-electron chi connectivity index (χ4n) is 3.91. The lowest BCUT2D eigenvalue weighted by Gasteiger charge is -2.32. The molecular formula is C23H32NO2P. The molecule has 0 saturated carbocycles. The smallest absolute Gasteiger partial charge is 0.161 e. The van der Waals surface area contributed by atoms with E-state index in [0.717, 1.165) is 18.5 Å². The summed E-state index contributed by atoms with van der Waals surface area (Å²) in [4.78, 5) is 2.58. The average Bonchev–Trinajstić information content (AvgIpc) is 2.70. The molecule has 0 amide bonds. The van der Waals surface area contributed by atoms with E-state index in [1.807, 2.05) is 18.2 Å². The van der Waals surface area contributed by atoms with Crippen molar-refractivity contribution in [3.63, 3.8) is 0 Å². The Morgan fingerprint density at radius 1 is 1.07 bits per heavy atom. The van der Waals surface area contributed by atoms with Gasteiger partial charge in [-0.2, -0.15) is 0 Å². The van der Waals surface area contributed by atoms with Crippen molar-refractivity contribution in [2.24, 2.45) is 0 Å². The number of phenols is 1. The maximum Gasteiger partial charge on any atom is 0.161 e. The van der Waals surface area contributed by atoms with Crippen molar-refractivity contribution < 1.29 is 9.84 Å². The Balaban J connectivity index is 1.88. The minimum atomic E-state index is -0.114. The number of ether oxygens (including phenoxy) is 1. The van der Waals surface area contributed by atoms with Crippen LogP contribution in [0.1, 0.15) is 50.7 Å². The number of rotatable bonds is 7. The Bertz CT molecular complexity index is 758. The third-order valence-corrected chi connectivity index (χ3v) is 7.72. The van der Waals surface area contributed by atoms with Gasteiger partial charge in [0.1, 0.15) is 0 Å². The third-order valence-electron chi connectivity index (χ3n) is 5.79. The maximum absolute atomic E-state index is 10.7. The molecule has 1 heterocycles. The molecule has 1 saturated heterocycles. The number of aromatic hydroxyl groups is 1. The second-order valence-electron chi connectivity index (χ2n) is 7.66. The van der Waals surface area contributed by atoms with E-state index >= 15 is 0 Å². The summed E-state index contributed by atoms with van der Waals surface area (Å²) in [6.45, 7) is 7.92. The molecule has 2 aromatic rings. The zero-order valence-electron chi connectivity index (χ0n) is 16.8. The summed E-state index contributed by atoms with van der Waals surface area (Å²) in [6.07, 6.45) is 4.96. The van der Waals surface area contributed by atoms with E-state index in [0.29, 0.717) is 14.3 Å². The molecule has 0 aromatic heterocycles. The molecule has 1 N–H and O–H groups in total. The van der Waals surface area contributed by atoms with Gasteiger partial charge in [-0.15, -0.1) is 0 Å². The van der Waals surface area contributed by atoms with E-state index in [1.165, 1.54) is 43.2 Å². The largest absolute Gasteiger partial charge is 0.504 e. The number of methoxy groups -OCH3 is 1. The molecule has 1 aliphatic rings. The normalized spacial score (nSPS) is 17.9. The zero-order valence-corrected chi connectivity index (χ0v) is 17.8.